The number of nitrogens with zero attached hydrogens (tertiary/aromatic N) is 4. The Balaban J connectivity index is 2.87. The number of rotatable bonds is 4. The van der Waals surface area contributed by atoms with Crippen molar-refractivity contribution in [1.82, 2.24) is 4.90 Å². The predicted molar refractivity (Wildman–Crippen MR) is 57.6 cm³/mol. The van der Waals surface area contributed by atoms with Gasteiger partial charge in [-0.1, -0.05) is 0 Å². The van der Waals surface area contributed by atoms with Crippen LogP contribution in [-0.4, -0.2) is 18.0 Å². The third-order valence-electron chi connectivity index (χ3n) is 2.08. The van der Waals surface area contributed by atoms with Crippen LogP contribution in [0.3, 0.4) is 0 Å². The van der Waals surface area contributed by atoms with Gasteiger partial charge in [-0.15, -0.1) is 0 Å². The van der Waals surface area contributed by atoms with Crippen molar-refractivity contribution in [2.75, 3.05) is 13.1 Å². The maximum atomic E-state index is 13.1. The highest BCUT2D eigenvalue weighted by molar-refractivity contribution is 5.33. The molecule has 0 spiro atoms. The molecule has 0 aliphatic rings. The van der Waals surface area contributed by atoms with Gasteiger partial charge in [-0.05, 0) is 23.8 Å². The smallest absolute Gasteiger partial charge is 0.124 e. The van der Waals surface area contributed by atoms with Crippen LogP contribution in [-0.2, 0) is 6.54 Å². The van der Waals surface area contributed by atoms with Gasteiger partial charge in [0.25, 0.3) is 0 Å². The number of nitriles is 3. The van der Waals surface area contributed by atoms with Crippen LogP contribution in [0, 0.1) is 39.8 Å². The van der Waals surface area contributed by atoms with Gasteiger partial charge in [0.15, 0.2) is 0 Å². The zero-order valence-electron chi connectivity index (χ0n) is 9.02. The minimum Gasteiger partial charge on any atom is -0.273 e. The average molecular weight is 228 g/mol. The molecule has 0 aliphatic carbocycles. The van der Waals surface area contributed by atoms with Crippen LogP contribution in [0.2, 0.25) is 0 Å². The molecule has 84 valence electrons. The van der Waals surface area contributed by atoms with Gasteiger partial charge < -0.3 is 0 Å². The summed E-state index contributed by atoms with van der Waals surface area (Å²) in [4.78, 5) is 1.57. The lowest BCUT2D eigenvalue weighted by molar-refractivity contribution is 0.334. The fraction of sp³-hybridized carbons (Fsp3) is 0.250. The minimum absolute atomic E-state index is 0.0892. The molecule has 5 heteroatoms. The second-order valence-corrected chi connectivity index (χ2v) is 3.42. The van der Waals surface area contributed by atoms with Crippen LogP contribution in [0.4, 0.5) is 4.39 Å². The summed E-state index contributed by atoms with van der Waals surface area (Å²) in [7, 11) is 0. The molecule has 4 nitrogen and oxygen atoms in total. The van der Waals surface area contributed by atoms with E-state index in [9.17, 15) is 4.39 Å². The van der Waals surface area contributed by atoms with Gasteiger partial charge in [-0.2, -0.15) is 15.8 Å². The molecule has 1 aromatic carbocycles. The van der Waals surface area contributed by atoms with E-state index in [2.05, 4.69) is 0 Å². The molecule has 1 aromatic rings. The van der Waals surface area contributed by atoms with Crippen LogP contribution >= 0.6 is 0 Å². The van der Waals surface area contributed by atoms with E-state index in [0.29, 0.717) is 5.56 Å². The SMILES string of the molecule is N#CCN(CC#N)Cc1cc(F)cc(C#N)c1. The van der Waals surface area contributed by atoms with E-state index >= 15 is 0 Å². The third kappa shape index (κ3) is 3.91. The van der Waals surface area contributed by atoms with Crippen molar-refractivity contribution in [1.29, 1.82) is 15.8 Å². The Morgan fingerprint density at radius 3 is 2.24 bits per heavy atom. The highest BCUT2D eigenvalue weighted by Gasteiger charge is 2.07. The lowest BCUT2D eigenvalue weighted by atomic mass is 10.1. The maximum absolute atomic E-state index is 13.1. The first-order valence-corrected chi connectivity index (χ1v) is 4.85. The van der Waals surface area contributed by atoms with E-state index in [1.807, 2.05) is 18.2 Å². The van der Waals surface area contributed by atoms with Crippen molar-refractivity contribution in [3.8, 4) is 18.2 Å². The van der Waals surface area contributed by atoms with Crippen LogP contribution in [0.1, 0.15) is 11.1 Å². The van der Waals surface area contributed by atoms with Crippen LogP contribution in [0.5, 0.6) is 0 Å². The Kier molecular flexibility index (Phi) is 4.63. The highest BCUT2D eigenvalue weighted by atomic mass is 19.1. The fourth-order valence-corrected chi connectivity index (χ4v) is 1.43. The van der Waals surface area contributed by atoms with E-state index in [0.717, 1.165) is 6.07 Å². The van der Waals surface area contributed by atoms with Crippen molar-refractivity contribution in [2.45, 2.75) is 6.54 Å². The van der Waals surface area contributed by atoms with Crippen molar-refractivity contribution in [2.24, 2.45) is 0 Å². The first-order valence-electron chi connectivity index (χ1n) is 4.85. The first kappa shape index (κ1) is 12.6. The zero-order valence-corrected chi connectivity index (χ0v) is 9.02. The highest BCUT2D eigenvalue weighted by Crippen LogP contribution is 2.10. The molecule has 0 atom stereocenters. The second kappa shape index (κ2) is 6.23. The maximum Gasteiger partial charge on any atom is 0.124 e. The molecular weight excluding hydrogens is 219 g/mol. The molecule has 0 N–H and O–H groups in total. The van der Waals surface area contributed by atoms with Gasteiger partial charge in [0, 0.05) is 6.54 Å². The monoisotopic (exact) mass is 228 g/mol. The molecule has 1 rings (SSSR count). The predicted octanol–water partition coefficient (Wildman–Crippen LogP) is 1.55. The summed E-state index contributed by atoms with van der Waals surface area (Å²) in [5.41, 5.74) is 0.806. The van der Waals surface area contributed by atoms with Crippen LogP contribution in [0.15, 0.2) is 18.2 Å². The van der Waals surface area contributed by atoms with E-state index < -0.39 is 5.82 Å². The molecule has 0 heterocycles. The number of hydrogen-bond acceptors (Lipinski definition) is 4. The normalized spacial score (nSPS) is 9.35. The summed E-state index contributed by atoms with van der Waals surface area (Å²) in [6, 6.07) is 9.70. The van der Waals surface area contributed by atoms with E-state index in [4.69, 9.17) is 15.8 Å². The van der Waals surface area contributed by atoms with Gasteiger partial charge in [-0.3, -0.25) is 4.90 Å². The van der Waals surface area contributed by atoms with Crippen molar-refractivity contribution in [3.63, 3.8) is 0 Å². The Morgan fingerprint density at radius 1 is 1.06 bits per heavy atom. The van der Waals surface area contributed by atoms with Crippen molar-refractivity contribution < 1.29 is 4.39 Å². The van der Waals surface area contributed by atoms with E-state index in [1.165, 1.54) is 6.07 Å². The van der Waals surface area contributed by atoms with E-state index in [-0.39, 0.29) is 25.2 Å². The molecule has 0 amide bonds. The van der Waals surface area contributed by atoms with Crippen molar-refractivity contribution in [3.05, 3.63) is 35.1 Å². The fourth-order valence-electron chi connectivity index (χ4n) is 1.43. The van der Waals surface area contributed by atoms with Crippen molar-refractivity contribution >= 4 is 0 Å². The largest absolute Gasteiger partial charge is 0.273 e. The Hall–Kier alpha value is -2.42. The summed E-state index contributed by atoms with van der Waals surface area (Å²) in [5, 5.41) is 25.8. The third-order valence-corrected chi connectivity index (χ3v) is 2.08. The zero-order chi connectivity index (χ0) is 12.7. The number of halogens is 1. The Bertz CT molecular complexity index is 503. The second-order valence-electron chi connectivity index (χ2n) is 3.42. The summed E-state index contributed by atoms with van der Waals surface area (Å²) in [6.45, 7) is 0.450. The quantitative estimate of drug-likeness (QED) is 0.732. The lowest BCUT2D eigenvalue weighted by Gasteiger charge is -2.15. The molecule has 0 fully saturated rings. The molecule has 0 aliphatic heterocycles. The Labute approximate surface area is 98.7 Å². The standard InChI is InChI=1S/C12H9FN4/c13-12-6-10(8-16)5-11(7-12)9-17(3-1-14)4-2-15/h5-7H,3-4,9H2. The van der Waals surface area contributed by atoms with E-state index in [1.54, 1.807) is 11.0 Å². The molecule has 0 radical (unpaired) electrons. The van der Waals surface area contributed by atoms with Gasteiger partial charge in [0.1, 0.15) is 5.82 Å². The molecule has 0 saturated heterocycles. The van der Waals surface area contributed by atoms with Gasteiger partial charge in [0.05, 0.1) is 36.9 Å². The van der Waals surface area contributed by atoms with Gasteiger partial charge in [0.2, 0.25) is 0 Å². The van der Waals surface area contributed by atoms with Crippen LogP contribution < -0.4 is 0 Å². The molecule has 17 heavy (non-hydrogen) atoms. The number of benzene rings is 1. The summed E-state index contributed by atoms with van der Waals surface area (Å²) in [5.74, 6) is -0.493. The molecule has 0 saturated carbocycles. The molecular formula is C12H9FN4. The summed E-state index contributed by atoms with van der Waals surface area (Å²) in [6.07, 6.45) is 0. The molecule has 0 bridgehead atoms. The molecule has 0 unspecified atom stereocenters. The minimum atomic E-state index is -0.493. The van der Waals surface area contributed by atoms with Gasteiger partial charge >= 0.3 is 0 Å². The van der Waals surface area contributed by atoms with Gasteiger partial charge in [-0.25, -0.2) is 4.39 Å². The number of hydrogen-bond donors (Lipinski definition) is 0. The Morgan fingerprint density at radius 2 is 1.71 bits per heavy atom. The van der Waals surface area contributed by atoms with Crippen LogP contribution in [0.25, 0.3) is 0 Å². The summed E-state index contributed by atoms with van der Waals surface area (Å²) < 4.78 is 13.1. The topological polar surface area (TPSA) is 74.6 Å². The average Bonchev–Trinajstić information content (AvgIpc) is 2.29. The first-order chi connectivity index (χ1) is 8.19. The lowest BCUT2D eigenvalue weighted by Crippen LogP contribution is -2.24. The molecule has 0 aromatic heterocycles. The summed E-state index contributed by atoms with van der Waals surface area (Å²) >= 11 is 0.